The Bertz CT molecular complexity index is 1540. The van der Waals surface area contributed by atoms with Crippen LogP contribution in [0.3, 0.4) is 0 Å². The first-order chi connectivity index (χ1) is 18.1. The Morgan fingerprint density at radius 2 is 1.95 bits per heavy atom. The average Bonchev–Trinajstić information content (AvgIpc) is 3.59. The number of nitrogens with one attached hydrogen (secondary N) is 1. The van der Waals surface area contributed by atoms with Crippen molar-refractivity contribution < 1.29 is 27.8 Å². The molecule has 2 aliphatic rings. The molecule has 1 aliphatic carbocycles. The number of amidine groups is 1. The van der Waals surface area contributed by atoms with Crippen LogP contribution in [0.1, 0.15) is 38.2 Å². The molecule has 1 aliphatic heterocycles. The first-order valence-electron chi connectivity index (χ1n) is 12.0. The summed E-state index contributed by atoms with van der Waals surface area (Å²) in [6, 6.07) is 5.98. The zero-order valence-corrected chi connectivity index (χ0v) is 21.9. The van der Waals surface area contributed by atoms with E-state index >= 15 is 4.39 Å². The van der Waals surface area contributed by atoms with Gasteiger partial charge in [-0.05, 0) is 38.0 Å². The number of benzene rings is 1. The standard InChI is InChI=1S/C25H27FN6O5S/c1-24(14-38(35,27-2)25(8-4-5-9-25)22(31-24)30-23(33)34)17-10-15(6-7-18(17)26)20-11-19(32-37-20)21-28-12-16(36-3)13-29-21/h6-7,10-13H,4-5,8-9,14H2,1-3H3,(H,30,31)(H,33,34)/t24-,38+/m0/s1. The number of hydrogen-bond donors (Lipinski definition) is 2. The maximum Gasteiger partial charge on any atom is 0.410 e. The van der Waals surface area contributed by atoms with Crippen LogP contribution in [-0.4, -0.2) is 61.0 Å². The lowest BCUT2D eigenvalue weighted by Gasteiger charge is -2.43. The van der Waals surface area contributed by atoms with Crippen molar-refractivity contribution in [1.29, 1.82) is 0 Å². The normalized spacial score (nSPS) is 24.2. The highest BCUT2D eigenvalue weighted by Gasteiger charge is 2.55. The molecule has 11 nitrogen and oxygen atoms in total. The molecular weight excluding hydrogens is 515 g/mol. The van der Waals surface area contributed by atoms with Gasteiger partial charge in [0.2, 0.25) is 0 Å². The smallest absolute Gasteiger partial charge is 0.410 e. The summed E-state index contributed by atoms with van der Waals surface area (Å²) in [6.07, 6.45) is 4.24. The molecule has 0 unspecified atom stereocenters. The number of ether oxygens (including phenoxy) is 1. The SMILES string of the molecule is CN=[S@@]1(=O)C[C@@](C)(c2cc(-c3cc(-c4ncc(OC)cn4)no3)ccc2F)N=C(NC(=O)O)C12CCCC2. The second kappa shape index (κ2) is 9.46. The minimum atomic E-state index is -3.01. The van der Waals surface area contributed by atoms with Gasteiger partial charge >= 0.3 is 6.09 Å². The van der Waals surface area contributed by atoms with E-state index in [2.05, 4.69) is 24.8 Å². The van der Waals surface area contributed by atoms with Crippen LogP contribution in [0.5, 0.6) is 5.75 Å². The van der Waals surface area contributed by atoms with Crippen LogP contribution in [0.2, 0.25) is 0 Å². The Morgan fingerprint density at radius 3 is 2.58 bits per heavy atom. The van der Waals surface area contributed by atoms with Gasteiger partial charge in [-0.25, -0.2) is 27.7 Å². The number of halogens is 1. The van der Waals surface area contributed by atoms with Gasteiger partial charge in [0.15, 0.2) is 23.0 Å². The van der Waals surface area contributed by atoms with Crippen LogP contribution in [0.25, 0.3) is 22.8 Å². The minimum absolute atomic E-state index is 0.0526. The van der Waals surface area contributed by atoms with E-state index < -0.39 is 31.9 Å². The summed E-state index contributed by atoms with van der Waals surface area (Å²) in [5.74, 6) is 0.601. The first-order valence-corrected chi connectivity index (χ1v) is 13.7. The second-order valence-electron chi connectivity index (χ2n) is 9.55. The van der Waals surface area contributed by atoms with Gasteiger partial charge in [-0.15, -0.1) is 0 Å². The number of carboxylic acid groups (broad SMARTS) is 1. The van der Waals surface area contributed by atoms with Crippen molar-refractivity contribution in [3.05, 3.63) is 48.0 Å². The van der Waals surface area contributed by atoms with Gasteiger partial charge in [0.25, 0.3) is 0 Å². The molecular formula is C25H27FN6O5S. The molecule has 1 fully saturated rings. The average molecular weight is 543 g/mol. The summed E-state index contributed by atoms with van der Waals surface area (Å²) in [4.78, 5) is 24.8. The summed E-state index contributed by atoms with van der Waals surface area (Å²) in [5, 5.41) is 15.9. The van der Waals surface area contributed by atoms with Gasteiger partial charge in [-0.2, -0.15) is 0 Å². The Kier molecular flexibility index (Phi) is 6.41. The molecule has 13 heteroatoms. The van der Waals surface area contributed by atoms with Crippen molar-refractivity contribution in [2.24, 2.45) is 9.36 Å². The third-order valence-electron chi connectivity index (χ3n) is 7.24. The fourth-order valence-corrected chi connectivity index (χ4v) is 8.40. The van der Waals surface area contributed by atoms with Crippen LogP contribution in [0.4, 0.5) is 9.18 Å². The third-order valence-corrected chi connectivity index (χ3v) is 10.6. The number of nitrogens with zero attached hydrogens (tertiary/aromatic N) is 5. The first kappa shape index (κ1) is 25.8. The minimum Gasteiger partial charge on any atom is -0.494 e. The topological polar surface area (TPSA) is 152 Å². The van der Waals surface area contributed by atoms with E-state index in [1.54, 1.807) is 19.1 Å². The fourth-order valence-electron chi connectivity index (χ4n) is 5.34. The van der Waals surface area contributed by atoms with Crippen LogP contribution in [0.15, 0.2) is 50.5 Å². The highest BCUT2D eigenvalue weighted by molar-refractivity contribution is 7.95. The predicted octanol–water partition coefficient (Wildman–Crippen LogP) is 4.25. The molecule has 0 saturated heterocycles. The van der Waals surface area contributed by atoms with Crippen molar-refractivity contribution in [1.82, 2.24) is 20.4 Å². The largest absolute Gasteiger partial charge is 0.494 e. The van der Waals surface area contributed by atoms with Gasteiger partial charge in [0, 0.05) is 24.2 Å². The van der Waals surface area contributed by atoms with E-state index in [0.717, 1.165) is 12.8 Å². The van der Waals surface area contributed by atoms with E-state index in [4.69, 9.17) is 14.3 Å². The lowest BCUT2D eigenvalue weighted by Crippen LogP contribution is -2.59. The maximum absolute atomic E-state index is 15.4. The van der Waals surface area contributed by atoms with Gasteiger partial charge in [0.05, 0.1) is 35.0 Å². The van der Waals surface area contributed by atoms with E-state index in [9.17, 15) is 14.1 Å². The van der Waals surface area contributed by atoms with E-state index in [-0.39, 0.29) is 17.2 Å². The van der Waals surface area contributed by atoms with Crippen molar-refractivity contribution >= 4 is 21.7 Å². The summed E-state index contributed by atoms with van der Waals surface area (Å²) >= 11 is 0. The number of hydrogen-bond acceptors (Lipinski definition) is 9. The molecule has 2 N–H and O–H groups in total. The molecule has 2 aromatic heterocycles. The van der Waals surface area contributed by atoms with Crippen molar-refractivity contribution in [3.63, 3.8) is 0 Å². The summed E-state index contributed by atoms with van der Waals surface area (Å²) in [6.45, 7) is 1.64. The molecule has 5 rings (SSSR count). The molecule has 1 spiro atoms. The Hall–Kier alpha value is -3.87. The number of rotatable bonds is 4. The maximum atomic E-state index is 15.4. The van der Waals surface area contributed by atoms with Gasteiger partial charge in [-0.1, -0.05) is 18.0 Å². The van der Waals surface area contributed by atoms with E-state index in [1.165, 1.54) is 38.7 Å². The summed E-state index contributed by atoms with van der Waals surface area (Å²) in [5.41, 5.74) is -0.342. The van der Waals surface area contributed by atoms with E-state index in [1.807, 2.05) is 0 Å². The van der Waals surface area contributed by atoms with Crippen LogP contribution in [-0.2, 0) is 15.3 Å². The highest BCUT2D eigenvalue weighted by atomic mass is 32.2. The van der Waals surface area contributed by atoms with Crippen molar-refractivity contribution in [3.8, 4) is 28.6 Å². The van der Waals surface area contributed by atoms with Crippen LogP contribution in [0, 0.1) is 5.82 Å². The Balaban J connectivity index is 1.58. The van der Waals surface area contributed by atoms with Gasteiger partial charge in [0.1, 0.15) is 21.9 Å². The van der Waals surface area contributed by atoms with Gasteiger partial charge < -0.3 is 14.4 Å². The number of aliphatic imine (C=N–C) groups is 1. The lowest BCUT2D eigenvalue weighted by molar-refractivity contribution is 0.199. The fraction of sp³-hybridized carbons (Fsp3) is 0.400. The molecule has 1 amide bonds. The van der Waals surface area contributed by atoms with Crippen molar-refractivity contribution in [2.45, 2.75) is 42.9 Å². The molecule has 1 aromatic carbocycles. The third kappa shape index (κ3) is 4.20. The Morgan fingerprint density at radius 1 is 1.24 bits per heavy atom. The molecule has 2 atom stereocenters. The number of carbonyl (C=O) groups is 1. The number of methoxy groups -OCH3 is 1. The molecule has 3 aromatic rings. The second-order valence-corrected chi connectivity index (χ2v) is 12.3. The zero-order chi connectivity index (χ0) is 27.1. The molecule has 200 valence electrons. The Labute approximate surface area is 218 Å². The quantitative estimate of drug-likeness (QED) is 0.496. The monoisotopic (exact) mass is 542 g/mol. The van der Waals surface area contributed by atoms with Crippen LogP contribution < -0.4 is 10.1 Å². The highest BCUT2D eigenvalue weighted by Crippen LogP contribution is 2.47. The van der Waals surface area contributed by atoms with Crippen LogP contribution >= 0.6 is 0 Å². The van der Waals surface area contributed by atoms with E-state index in [0.29, 0.717) is 41.4 Å². The zero-order valence-electron chi connectivity index (χ0n) is 21.1. The molecule has 1 saturated carbocycles. The predicted molar refractivity (Wildman–Crippen MR) is 138 cm³/mol. The molecule has 38 heavy (non-hydrogen) atoms. The summed E-state index contributed by atoms with van der Waals surface area (Å²) in [7, 11) is -0.0319. The molecule has 0 bridgehead atoms. The van der Waals surface area contributed by atoms with Crippen molar-refractivity contribution in [2.75, 3.05) is 19.9 Å². The number of aromatic nitrogens is 3. The molecule has 0 radical (unpaired) electrons. The summed E-state index contributed by atoms with van der Waals surface area (Å²) < 4.78 is 43.6. The number of amides is 1. The lowest BCUT2D eigenvalue weighted by atomic mass is 9.91. The van der Waals surface area contributed by atoms with Gasteiger partial charge in [-0.3, -0.25) is 10.3 Å². The molecule has 3 heterocycles.